The van der Waals surface area contributed by atoms with Crippen LogP contribution in [0.2, 0.25) is 0 Å². The Morgan fingerprint density at radius 3 is 2.36 bits per heavy atom. The van der Waals surface area contributed by atoms with E-state index in [0.29, 0.717) is 18.0 Å². The number of rotatable bonds is 7. The van der Waals surface area contributed by atoms with E-state index < -0.39 is 0 Å². The Morgan fingerprint density at radius 2 is 1.70 bits per heavy atom. The predicted octanol–water partition coefficient (Wildman–Crippen LogP) is 5.68. The molecule has 167 valence electrons. The molecule has 3 aromatic carbocycles. The summed E-state index contributed by atoms with van der Waals surface area (Å²) in [4.78, 5) is 12.7. The van der Waals surface area contributed by atoms with Gasteiger partial charge in [-0.3, -0.25) is 4.79 Å². The van der Waals surface area contributed by atoms with Crippen LogP contribution in [-0.2, 0) is 11.3 Å². The Balaban J connectivity index is 1.66. The van der Waals surface area contributed by atoms with Crippen molar-refractivity contribution in [2.24, 2.45) is 0 Å². The molecule has 1 radical (unpaired) electrons. The summed E-state index contributed by atoms with van der Waals surface area (Å²) < 4.78 is 24.8. The molecule has 0 aromatic heterocycles. The van der Waals surface area contributed by atoms with Crippen molar-refractivity contribution < 1.29 is 18.7 Å². The van der Waals surface area contributed by atoms with E-state index in [2.05, 4.69) is 11.4 Å². The number of nitrogens with one attached hydrogen (secondary N) is 1. The van der Waals surface area contributed by atoms with E-state index in [4.69, 9.17) is 9.47 Å². The number of carbonyl (C=O) groups excluding carboxylic acids is 1. The molecule has 5 heteroatoms. The van der Waals surface area contributed by atoms with Gasteiger partial charge in [-0.2, -0.15) is 0 Å². The summed E-state index contributed by atoms with van der Waals surface area (Å²) in [6, 6.07) is 21.2. The minimum atomic E-state index is -0.331. The molecule has 0 fully saturated rings. The van der Waals surface area contributed by atoms with E-state index in [1.54, 1.807) is 20.3 Å². The van der Waals surface area contributed by atoms with Gasteiger partial charge in [-0.05, 0) is 76.2 Å². The molecule has 1 amide bonds. The summed E-state index contributed by atoms with van der Waals surface area (Å²) in [5.74, 6) is 0.673. The summed E-state index contributed by atoms with van der Waals surface area (Å²) >= 11 is 0. The maximum atomic E-state index is 14.1. The van der Waals surface area contributed by atoms with Crippen molar-refractivity contribution in [3.63, 3.8) is 0 Å². The zero-order valence-electron chi connectivity index (χ0n) is 18.9. The monoisotopic (exact) mass is 442 g/mol. The molecule has 1 N–H and O–H groups in total. The molecule has 0 saturated heterocycles. The fraction of sp³-hybridized carbons (Fsp3) is 0.179. The minimum Gasteiger partial charge on any atom is -0.496 e. The molecular formula is C28H25FNO3. The van der Waals surface area contributed by atoms with Crippen molar-refractivity contribution in [1.29, 1.82) is 0 Å². The van der Waals surface area contributed by atoms with Crippen molar-refractivity contribution in [2.75, 3.05) is 14.2 Å². The highest BCUT2D eigenvalue weighted by molar-refractivity contribution is 6.08. The molecule has 0 unspecified atom stereocenters. The van der Waals surface area contributed by atoms with E-state index >= 15 is 0 Å². The molecule has 4 rings (SSSR count). The van der Waals surface area contributed by atoms with E-state index in [0.717, 1.165) is 39.0 Å². The molecule has 33 heavy (non-hydrogen) atoms. The van der Waals surface area contributed by atoms with Crippen molar-refractivity contribution in [3.05, 3.63) is 100 Å². The van der Waals surface area contributed by atoms with Crippen LogP contribution >= 0.6 is 0 Å². The zero-order chi connectivity index (χ0) is 23.4. The van der Waals surface area contributed by atoms with Crippen molar-refractivity contribution in [1.82, 2.24) is 5.32 Å². The summed E-state index contributed by atoms with van der Waals surface area (Å²) in [5, 5.41) is 2.96. The van der Waals surface area contributed by atoms with Gasteiger partial charge in [0.2, 0.25) is 5.91 Å². The van der Waals surface area contributed by atoms with E-state index in [9.17, 15) is 9.18 Å². The molecule has 0 atom stereocenters. The van der Waals surface area contributed by atoms with Crippen molar-refractivity contribution in [3.8, 4) is 11.5 Å². The van der Waals surface area contributed by atoms with Crippen LogP contribution in [0.25, 0.3) is 17.2 Å². The average Bonchev–Trinajstić information content (AvgIpc) is 3.08. The molecule has 0 heterocycles. The molecule has 0 aliphatic heterocycles. The molecule has 4 nitrogen and oxygen atoms in total. The van der Waals surface area contributed by atoms with Crippen LogP contribution in [0.3, 0.4) is 0 Å². The van der Waals surface area contributed by atoms with E-state index in [-0.39, 0.29) is 18.1 Å². The van der Waals surface area contributed by atoms with Gasteiger partial charge >= 0.3 is 0 Å². The Morgan fingerprint density at radius 1 is 1.00 bits per heavy atom. The molecule has 1 aliphatic carbocycles. The smallest absolute Gasteiger partial charge is 0.224 e. The number of hydrogen-bond acceptors (Lipinski definition) is 3. The van der Waals surface area contributed by atoms with Gasteiger partial charge in [-0.15, -0.1) is 0 Å². The van der Waals surface area contributed by atoms with Gasteiger partial charge in [0.1, 0.15) is 17.3 Å². The quantitative estimate of drug-likeness (QED) is 0.512. The lowest BCUT2D eigenvalue weighted by Gasteiger charge is -2.08. The highest BCUT2D eigenvalue weighted by Gasteiger charge is 2.26. The van der Waals surface area contributed by atoms with Gasteiger partial charge in [-0.25, -0.2) is 4.39 Å². The normalized spacial score (nSPS) is 13.8. The van der Waals surface area contributed by atoms with Gasteiger partial charge < -0.3 is 14.8 Å². The van der Waals surface area contributed by atoms with Crippen LogP contribution in [0.15, 0.2) is 66.2 Å². The van der Waals surface area contributed by atoms with Gasteiger partial charge in [0.05, 0.1) is 26.7 Å². The highest BCUT2D eigenvalue weighted by Crippen LogP contribution is 2.44. The zero-order valence-corrected chi connectivity index (χ0v) is 18.9. The second kappa shape index (κ2) is 9.74. The maximum absolute atomic E-state index is 14.1. The van der Waals surface area contributed by atoms with Crippen LogP contribution in [0.5, 0.6) is 11.5 Å². The van der Waals surface area contributed by atoms with Crippen molar-refractivity contribution in [2.45, 2.75) is 19.9 Å². The average molecular weight is 443 g/mol. The summed E-state index contributed by atoms with van der Waals surface area (Å²) in [7, 11) is 3.15. The molecule has 0 spiro atoms. The number of hydrogen-bond donors (Lipinski definition) is 1. The summed E-state index contributed by atoms with van der Waals surface area (Å²) in [6.07, 6.45) is 2.17. The first-order chi connectivity index (χ1) is 16.0. The second-order valence-corrected chi connectivity index (χ2v) is 7.84. The maximum Gasteiger partial charge on any atom is 0.224 e. The van der Waals surface area contributed by atoms with E-state index in [1.165, 1.54) is 12.1 Å². The Hall–Kier alpha value is -3.86. The SMILES string of the molecule is COc1[c]c(OC)cc(/C=C2/C(C)=C(CC(=O)NCc3ccccc3)c3cc(F)ccc32)c1. The fourth-order valence-electron chi connectivity index (χ4n) is 4.01. The largest absolute Gasteiger partial charge is 0.496 e. The van der Waals surface area contributed by atoms with E-state index in [1.807, 2.05) is 55.5 Å². The lowest BCUT2D eigenvalue weighted by atomic mass is 10.0. The van der Waals surface area contributed by atoms with Gasteiger partial charge in [0, 0.05) is 6.54 Å². The number of ether oxygens (including phenoxy) is 2. The van der Waals surface area contributed by atoms with Gasteiger partial charge in [-0.1, -0.05) is 36.4 Å². The van der Waals surface area contributed by atoms with Gasteiger partial charge in [0.15, 0.2) is 0 Å². The summed E-state index contributed by atoms with van der Waals surface area (Å²) in [6.45, 7) is 2.41. The number of benzene rings is 3. The predicted molar refractivity (Wildman–Crippen MR) is 128 cm³/mol. The van der Waals surface area contributed by atoms with Crippen LogP contribution in [-0.4, -0.2) is 20.1 Å². The van der Waals surface area contributed by atoms with Crippen LogP contribution < -0.4 is 14.8 Å². The first-order valence-electron chi connectivity index (χ1n) is 10.7. The third kappa shape index (κ3) is 4.98. The lowest BCUT2D eigenvalue weighted by molar-refractivity contribution is -0.120. The fourth-order valence-corrected chi connectivity index (χ4v) is 4.01. The first-order valence-corrected chi connectivity index (χ1v) is 10.7. The number of amides is 1. The molecule has 0 saturated carbocycles. The summed E-state index contributed by atoms with van der Waals surface area (Å²) in [5.41, 5.74) is 6.23. The number of halogens is 1. The Bertz CT molecular complexity index is 1220. The number of methoxy groups -OCH3 is 2. The number of allylic oxidation sites excluding steroid dienone is 2. The van der Waals surface area contributed by atoms with Crippen LogP contribution in [0.4, 0.5) is 4.39 Å². The topological polar surface area (TPSA) is 47.6 Å². The number of carbonyl (C=O) groups is 1. The molecule has 1 aliphatic rings. The number of fused-ring (bicyclic) bond motifs is 1. The first kappa shape index (κ1) is 22.3. The van der Waals surface area contributed by atoms with Crippen molar-refractivity contribution >= 4 is 23.1 Å². The highest BCUT2D eigenvalue weighted by atomic mass is 19.1. The molecule has 3 aromatic rings. The molecule has 0 bridgehead atoms. The standard InChI is InChI=1S/C28H25FNO3/c1-18-25(13-20-11-22(32-2)15-23(12-20)33-3)24-10-9-21(29)14-27(24)26(18)16-28(31)30-17-19-7-5-4-6-8-19/h4-14H,16-17H2,1-3H3,(H,30,31)/b25-13-. The third-order valence-corrected chi connectivity index (χ3v) is 5.72. The third-order valence-electron chi connectivity index (χ3n) is 5.72. The van der Waals surface area contributed by atoms with Gasteiger partial charge in [0.25, 0.3) is 0 Å². The Labute approximate surface area is 193 Å². The second-order valence-electron chi connectivity index (χ2n) is 7.84. The Kier molecular flexibility index (Phi) is 6.59. The van der Waals surface area contributed by atoms with Crippen LogP contribution in [0, 0.1) is 11.9 Å². The molecular weight excluding hydrogens is 417 g/mol. The minimum absolute atomic E-state index is 0.109. The van der Waals surface area contributed by atoms with Crippen LogP contribution in [0.1, 0.15) is 35.6 Å². The lowest BCUT2D eigenvalue weighted by Crippen LogP contribution is -2.22.